The summed E-state index contributed by atoms with van der Waals surface area (Å²) in [5.41, 5.74) is 3.42. The summed E-state index contributed by atoms with van der Waals surface area (Å²) in [5, 5.41) is 13.7. The van der Waals surface area contributed by atoms with Gasteiger partial charge in [0.2, 0.25) is 0 Å². The number of carbonyl (C=O) groups excluding carboxylic acids is 1. The van der Waals surface area contributed by atoms with E-state index in [1.165, 1.54) is 11.1 Å². The van der Waals surface area contributed by atoms with Crippen molar-refractivity contribution in [2.45, 2.75) is 39.2 Å². The van der Waals surface area contributed by atoms with Gasteiger partial charge in [-0.25, -0.2) is 0 Å². The number of aliphatic hydroxyl groups excluding tert-OH is 1. The van der Waals surface area contributed by atoms with Gasteiger partial charge in [-0.2, -0.15) is 0 Å². The van der Waals surface area contributed by atoms with Crippen LogP contribution >= 0.6 is 0 Å². The molecule has 1 atom stereocenters. The predicted octanol–water partition coefficient (Wildman–Crippen LogP) is 2.68. The summed E-state index contributed by atoms with van der Waals surface area (Å²) in [6.07, 6.45) is 2.14. The molecular formula is C17H22N2O2. The summed E-state index contributed by atoms with van der Waals surface area (Å²) >= 11 is 0. The Balaban J connectivity index is 1.89. The maximum Gasteiger partial charge on any atom is 0.268 e. The first kappa shape index (κ1) is 14.1. The number of aryl methyl sites for hydroxylation is 2. The summed E-state index contributed by atoms with van der Waals surface area (Å²) < 4.78 is 0. The minimum atomic E-state index is -0.515. The fraction of sp³-hybridized carbons (Fsp3) is 0.471. The highest BCUT2D eigenvalue weighted by Gasteiger charge is 2.42. The van der Waals surface area contributed by atoms with E-state index in [9.17, 15) is 9.90 Å². The fourth-order valence-electron chi connectivity index (χ4n) is 2.90. The van der Waals surface area contributed by atoms with Gasteiger partial charge in [-0.3, -0.25) is 4.79 Å². The molecule has 1 fully saturated rings. The smallest absolute Gasteiger partial charge is 0.268 e. The van der Waals surface area contributed by atoms with E-state index in [0.717, 1.165) is 23.7 Å². The van der Waals surface area contributed by atoms with Crippen LogP contribution in [0.1, 0.15) is 41.4 Å². The van der Waals surface area contributed by atoms with Gasteiger partial charge in [0.1, 0.15) is 5.69 Å². The molecule has 2 aromatic rings. The summed E-state index contributed by atoms with van der Waals surface area (Å²) in [5.74, 6) is 0.242. The van der Waals surface area contributed by atoms with Crippen LogP contribution in [0.5, 0.6) is 0 Å². The number of nitrogens with one attached hydrogen (secondary N) is 2. The molecule has 1 aliphatic carbocycles. The SMILES string of the molecule is Cc1ccc2[nH]c(C(=O)NC(C)(CO)C3CC3)cc2c1C. The van der Waals surface area contributed by atoms with E-state index in [2.05, 4.69) is 30.2 Å². The first-order chi connectivity index (χ1) is 9.94. The number of benzene rings is 1. The van der Waals surface area contributed by atoms with Crippen LogP contribution in [0.15, 0.2) is 18.2 Å². The molecule has 1 aliphatic rings. The maximum atomic E-state index is 12.5. The summed E-state index contributed by atoms with van der Waals surface area (Å²) in [7, 11) is 0. The maximum absolute atomic E-state index is 12.5. The molecule has 3 N–H and O–H groups in total. The van der Waals surface area contributed by atoms with Crippen LogP contribution in [0.25, 0.3) is 10.9 Å². The van der Waals surface area contributed by atoms with E-state index in [4.69, 9.17) is 0 Å². The quantitative estimate of drug-likeness (QED) is 0.809. The average Bonchev–Trinajstić information content (AvgIpc) is 3.23. The molecule has 1 aromatic carbocycles. The van der Waals surface area contributed by atoms with Crippen molar-refractivity contribution < 1.29 is 9.90 Å². The third kappa shape index (κ3) is 2.44. The Bertz CT molecular complexity index is 700. The molecular weight excluding hydrogens is 264 g/mol. The Morgan fingerprint density at radius 3 is 2.76 bits per heavy atom. The third-order valence-corrected chi connectivity index (χ3v) is 4.79. The molecule has 4 heteroatoms. The lowest BCUT2D eigenvalue weighted by Crippen LogP contribution is -2.50. The molecule has 0 saturated heterocycles. The number of fused-ring (bicyclic) bond motifs is 1. The second-order valence-corrected chi connectivity index (χ2v) is 6.46. The number of aliphatic hydroxyl groups is 1. The highest BCUT2D eigenvalue weighted by Crippen LogP contribution is 2.39. The summed E-state index contributed by atoms with van der Waals surface area (Å²) in [6.45, 7) is 6.02. The Hall–Kier alpha value is -1.81. The zero-order valence-corrected chi connectivity index (χ0v) is 12.8. The predicted molar refractivity (Wildman–Crippen MR) is 83.5 cm³/mol. The third-order valence-electron chi connectivity index (χ3n) is 4.79. The van der Waals surface area contributed by atoms with Crippen LogP contribution in [-0.2, 0) is 0 Å². The number of hydrogen-bond donors (Lipinski definition) is 3. The molecule has 112 valence electrons. The van der Waals surface area contributed by atoms with Crippen LogP contribution in [0, 0.1) is 19.8 Å². The molecule has 0 radical (unpaired) electrons. The first-order valence-corrected chi connectivity index (χ1v) is 7.47. The van der Waals surface area contributed by atoms with Crippen molar-refractivity contribution in [1.82, 2.24) is 10.3 Å². The second-order valence-electron chi connectivity index (χ2n) is 6.46. The van der Waals surface area contributed by atoms with Gasteiger partial charge in [-0.1, -0.05) is 6.07 Å². The van der Waals surface area contributed by atoms with Crippen molar-refractivity contribution in [3.8, 4) is 0 Å². The minimum absolute atomic E-state index is 0.0260. The number of H-pyrrole nitrogens is 1. The van der Waals surface area contributed by atoms with Crippen molar-refractivity contribution >= 4 is 16.8 Å². The van der Waals surface area contributed by atoms with Crippen molar-refractivity contribution in [2.75, 3.05) is 6.61 Å². The fourth-order valence-corrected chi connectivity index (χ4v) is 2.90. The van der Waals surface area contributed by atoms with Crippen molar-refractivity contribution in [3.63, 3.8) is 0 Å². The van der Waals surface area contributed by atoms with Gasteiger partial charge in [-0.05, 0) is 62.8 Å². The van der Waals surface area contributed by atoms with Gasteiger partial charge >= 0.3 is 0 Å². The van der Waals surface area contributed by atoms with Crippen LogP contribution in [0.2, 0.25) is 0 Å². The number of aromatic nitrogens is 1. The zero-order chi connectivity index (χ0) is 15.2. The number of amides is 1. The molecule has 21 heavy (non-hydrogen) atoms. The van der Waals surface area contributed by atoms with Gasteiger partial charge in [-0.15, -0.1) is 0 Å². The Morgan fingerprint density at radius 2 is 2.14 bits per heavy atom. The van der Waals surface area contributed by atoms with E-state index in [-0.39, 0.29) is 12.5 Å². The van der Waals surface area contributed by atoms with Crippen molar-refractivity contribution in [1.29, 1.82) is 0 Å². The zero-order valence-electron chi connectivity index (χ0n) is 12.8. The molecule has 0 bridgehead atoms. The molecule has 3 rings (SSSR count). The van der Waals surface area contributed by atoms with Crippen LogP contribution in [-0.4, -0.2) is 28.1 Å². The van der Waals surface area contributed by atoms with Crippen molar-refractivity contribution in [2.24, 2.45) is 5.92 Å². The molecule has 0 aliphatic heterocycles. The molecule has 1 heterocycles. The first-order valence-electron chi connectivity index (χ1n) is 7.47. The van der Waals surface area contributed by atoms with Gasteiger partial charge in [0, 0.05) is 10.9 Å². The van der Waals surface area contributed by atoms with E-state index >= 15 is 0 Å². The Kier molecular flexibility index (Phi) is 3.29. The number of aromatic amines is 1. The van der Waals surface area contributed by atoms with Crippen molar-refractivity contribution in [3.05, 3.63) is 35.0 Å². The Labute approximate surface area is 124 Å². The highest BCUT2D eigenvalue weighted by molar-refractivity contribution is 5.99. The molecule has 0 spiro atoms. The molecule has 1 unspecified atom stereocenters. The van der Waals surface area contributed by atoms with Gasteiger partial charge < -0.3 is 15.4 Å². The van der Waals surface area contributed by atoms with E-state index in [0.29, 0.717) is 11.6 Å². The van der Waals surface area contributed by atoms with Gasteiger partial charge in [0.05, 0.1) is 12.1 Å². The molecule has 1 aromatic heterocycles. The lowest BCUT2D eigenvalue weighted by atomic mass is 9.97. The Morgan fingerprint density at radius 1 is 1.43 bits per heavy atom. The number of hydrogen-bond acceptors (Lipinski definition) is 2. The standard InChI is InChI=1S/C17H22N2O2/c1-10-4-7-14-13(11(10)2)8-15(18-14)16(21)19-17(3,9-20)12-5-6-12/h4,7-8,12,18,20H,5-6,9H2,1-3H3,(H,19,21). The summed E-state index contributed by atoms with van der Waals surface area (Å²) in [4.78, 5) is 15.6. The minimum Gasteiger partial charge on any atom is -0.394 e. The van der Waals surface area contributed by atoms with E-state index in [1.54, 1.807) is 0 Å². The monoisotopic (exact) mass is 286 g/mol. The topological polar surface area (TPSA) is 65.1 Å². The largest absolute Gasteiger partial charge is 0.394 e. The highest BCUT2D eigenvalue weighted by atomic mass is 16.3. The van der Waals surface area contributed by atoms with Gasteiger partial charge in [0.15, 0.2) is 0 Å². The van der Waals surface area contributed by atoms with Crippen LogP contribution < -0.4 is 5.32 Å². The molecule has 1 saturated carbocycles. The van der Waals surface area contributed by atoms with Crippen LogP contribution in [0.4, 0.5) is 0 Å². The lowest BCUT2D eigenvalue weighted by molar-refractivity contribution is 0.0820. The molecule has 4 nitrogen and oxygen atoms in total. The number of rotatable bonds is 4. The normalized spacial score (nSPS) is 17.7. The lowest BCUT2D eigenvalue weighted by Gasteiger charge is -2.28. The molecule has 1 amide bonds. The number of carbonyl (C=O) groups is 1. The average molecular weight is 286 g/mol. The van der Waals surface area contributed by atoms with E-state index in [1.807, 2.05) is 19.1 Å². The summed E-state index contributed by atoms with van der Waals surface area (Å²) in [6, 6.07) is 5.95. The van der Waals surface area contributed by atoms with Crippen LogP contribution in [0.3, 0.4) is 0 Å². The van der Waals surface area contributed by atoms with E-state index < -0.39 is 5.54 Å². The van der Waals surface area contributed by atoms with Gasteiger partial charge in [0.25, 0.3) is 5.91 Å². The second kappa shape index (κ2) is 4.88.